The van der Waals surface area contributed by atoms with Gasteiger partial charge in [-0.25, -0.2) is 0 Å². The second kappa shape index (κ2) is 7.09. The van der Waals surface area contributed by atoms with Crippen molar-refractivity contribution in [1.29, 1.82) is 0 Å². The molecule has 0 saturated carbocycles. The molecule has 1 atom stereocenters. The highest BCUT2D eigenvalue weighted by Gasteiger charge is 2.20. The normalized spacial score (nSPS) is 19.7. The standard InChI is InChI=1S/C10H21N3OS/c1-15-8-3-9(11)10(14)13-6-2-4-12-5-7-13/h9,12H,2-8,11H2,1H3/t9-/m1/s1. The maximum absolute atomic E-state index is 11.9. The molecule has 3 N–H and O–H groups in total. The first-order chi connectivity index (χ1) is 7.25. The molecule has 0 unspecified atom stereocenters. The molecular weight excluding hydrogens is 210 g/mol. The maximum atomic E-state index is 11.9. The number of carbonyl (C=O) groups is 1. The van der Waals surface area contributed by atoms with Gasteiger partial charge in [0.1, 0.15) is 0 Å². The van der Waals surface area contributed by atoms with Gasteiger partial charge in [-0.3, -0.25) is 4.79 Å². The summed E-state index contributed by atoms with van der Waals surface area (Å²) in [7, 11) is 0. The van der Waals surface area contributed by atoms with Crippen LogP contribution in [-0.4, -0.2) is 55.0 Å². The van der Waals surface area contributed by atoms with Crippen LogP contribution in [0, 0.1) is 0 Å². The van der Waals surface area contributed by atoms with Gasteiger partial charge in [-0.15, -0.1) is 0 Å². The summed E-state index contributed by atoms with van der Waals surface area (Å²) in [6.07, 6.45) is 3.85. The Morgan fingerprint density at radius 2 is 2.33 bits per heavy atom. The third kappa shape index (κ3) is 4.40. The lowest BCUT2D eigenvalue weighted by Crippen LogP contribution is -2.45. The molecule has 1 rings (SSSR count). The Bertz CT molecular complexity index is 193. The van der Waals surface area contributed by atoms with E-state index >= 15 is 0 Å². The van der Waals surface area contributed by atoms with Crippen LogP contribution in [0.3, 0.4) is 0 Å². The van der Waals surface area contributed by atoms with Crippen molar-refractivity contribution in [1.82, 2.24) is 10.2 Å². The fourth-order valence-corrected chi connectivity index (χ4v) is 2.16. The van der Waals surface area contributed by atoms with Gasteiger partial charge in [0.15, 0.2) is 0 Å². The van der Waals surface area contributed by atoms with Crippen LogP contribution in [0.25, 0.3) is 0 Å². The van der Waals surface area contributed by atoms with Crippen LogP contribution >= 0.6 is 11.8 Å². The molecule has 1 fully saturated rings. The van der Waals surface area contributed by atoms with Gasteiger partial charge in [0.25, 0.3) is 0 Å². The highest BCUT2D eigenvalue weighted by atomic mass is 32.2. The van der Waals surface area contributed by atoms with E-state index in [2.05, 4.69) is 5.32 Å². The molecule has 88 valence electrons. The molecule has 1 aliphatic rings. The van der Waals surface area contributed by atoms with Crippen molar-refractivity contribution in [3.8, 4) is 0 Å². The molecule has 15 heavy (non-hydrogen) atoms. The van der Waals surface area contributed by atoms with E-state index in [1.807, 2.05) is 11.2 Å². The lowest BCUT2D eigenvalue weighted by Gasteiger charge is -2.23. The van der Waals surface area contributed by atoms with Crippen molar-refractivity contribution in [3.63, 3.8) is 0 Å². The monoisotopic (exact) mass is 231 g/mol. The molecule has 1 saturated heterocycles. The van der Waals surface area contributed by atoms with Crippen molar-refractivity contribution >= 4 is 17.7 Å². The number of thioether (sulfide) groups is 1. The van der Waals surface area contributed by atoms with E-state index in [0.717, 1.165) is 44.8 Å². The predicted molar refractivity (Wildman–Crippen MR) is 65.0 cm³/mol. The Labute approximate surface area is 96.0 Å². The molecule has 0 spiro atoms. The SMILES string of the molecule is CSCC[C@@H](N)C(=O)N1CCCNCC1. The smallest absolute Gasteiger partial charge is 0.239 e. The summed E-state index contributed by atoms with van der Waals surface area (Å²) in [6, 6.07) is -0.310. The van der Waals surface area contributed by atoms with Crippen LogP contribution < -0.4 is 11.1 Å². The predicted octanol–water partition coefficient (Wildman–Crippen LogP) is -0.111. The molecular formula is C10H21N3OS. The van der Waals surface area contributed by atoms with Gasteiger partial charge in [0, 0.05) is 19.6 Å². The Kier molecular flexibility index (Phi) is 6.05. The number of rotatable bonds is 4. The average Bonchev–Trinajstić information content (AvgIpc) is 2.53. The second-order valence-electron chi connectivity index (χ2n) is 3.82. The van der Waals surface area contributed by atoms with E-state index in [1.54, 1.807) is 11.8 Å². The van der Waals surface area contributed by atoms with E-state index in [1.165, 1.54) is 0 Å². The zero-order valence-corrected chi connectivity index (χ0v) is 10.2. The zero-order valence-electron chi connectivity index (χ0n) is 9.37. The molecule has 4 nitrogen and oxygen atoms in total. The summed E-state index contributed by atoms with van der Waals surface area (Å²) in [5.74, 6) is 1.08. The van der Waals surface area contributed by atoms with Crippen LogP contribution in [0.5, 0.6) is 0 Å². The first-order valence-corrected chi connectivity index (χ1v) is 6.89. The fourth-order valence-electron chi connectivity index (χ4n) is 1.67. The minimum Gasteiger partial charge on any atom is -0.340 e. The van der Waals surface area contributed by atoms with Gasteiger partial charge in [-0.2, -0.15) is 11.8 Å². The number of amides is 1. The van der Waals surface area contributed by atoms with Crippen LogP contribution in [0.15, 0.2) is 0 Å². The summed E-state index contributed by atoms with van der Waals surface area (Å²) in [5, 5.41) is 3.28. The summed E-state index contributed by atoms with van der Waals surface area (Å²) < 4.78 is 0. The molecule has 0 bridgehead atoms. The van der Waals surface area contributed by atoms with Crippen LogP contribution in [0.1, 0.15) is 12.8 Å². The lowest BCUT2D eigenvalue weighted by atomic mass is 10.2. The molecule has 5 heteroatoms. The zero-order chi connectivity index (χ0) is 11.1. The number of hydrogen-bond donors (Lipinski definition) is 2. The van der Waals surface area contributed by atoms with Gasteiger partial charge in [0.05, 0.1) is 6.04 Å². The quantitative estimate of drug-likeness (QED) is 0.709. The summed E-state index contributed by atoms with van der Waals surface area (Å²) in [4.78, 5) is 13.8. The second-order valence-corrected chi connectivity index (χ2v) is 4.80. The number of hydrogen-bond acceptors (Lipinski definition) is 4. The van der Waals surface area contributed by atoms with E-state index in [4.69, 9.17) is 5.73 Å². The van der Waals surface area contributed by atoms with Gasteiger partial charge in [0.2, 0.25) is 5.91 Å². The molecule has 1 aliphatic heterocycles. The molecule has 0 aromatic carbocycles. The van der Waals surface area contributed by atoms with E-state index < -0.39 is 0 Å². The van der Waals surface area contributed by atoms with Crippen LogP contribution in [-0.2, 0) is 4.79 Å². The Morgan fingerprint density at radius 3 is 3.07 bits per heavy atom. The van der Waals surface area contributed by atoms with Crippen LogP contribution in [0.2, 0.25) is 0 Å². The topological polar surface area (TPSA) is 58.4 Å². The third-order valence-electron chi connectivity index (χ3n) is 2.60. The highest BCUT2D eigenvalue weighted by molar-refractivity contribution is 7.98. The van der Waals surface area contributed by atoms with Crippen molar-refractivity contribution in [2.75, 3.05) is 38.2 Å². The number of nitrogens with two attached hydrogens (primary N) is 1. The average molecular weight is 231 g/mol. The Hall–Kier alpha value is -0.260. The van der Waals surface area contributed by atoms with Gasteiger partial charge in [-0.1, -0.05) is 0 Å². The van der Waals surface area contributed by atoms with Gasteiger partial charge in [-0.05, 0) is 31.4 Å². The molecule has 0 radical (unpaired) electrons. The van der Waals surface area contributed by atoms with Crippen molar-refractivity contribution < 1.29 is 4.79 Å². The number of carbonyl (C=O) groups excluding carboxylic acids is 1. The van der Waals surface area contributed by atoms with E-state index in [-0.39, 0.29) is 11.9 Å². The Balaban J connectivity index is 2.35. The van der Waals surface area contributed by atoms with Crippen molar-refractivity contribution in [3.05, 3.63) is 0 Å². The molecule has 0 aromatic heterocycles. The third-order valence-corrected chi connectivity index (χ3v) is 3.25. The van der Waals surface area contributed by atoms with Gasteiger partial charge < -0.3 is 16.0 Å². The van der Waals surface area contributed by atoms with Crippen LogP contribution in [0.4, 0.5) is 0 Å². The lowest BCUT2D eigenvalue weighted by molar-refractivity contribution is -0.132. The maximum Gasteiger partial charge on any atom is 0.239 e. The summed E-state index contributed by atoms with van der Waals surface area (Å²) in [5.41, 5.74) is 5.86. The van der Waals surface area contributed by atoms with E-state index in [9.17, 15) is 4.79 Å². The highest BCUT2D eigenvalue weighted by Crippen LogP contribution is 2.04. The molecule has 1 heterocycles. The van der Waals surface area contributed by atoms with Crippen molar-refractivity contribution in [2.24, 2.45) is 5.73 Å². The number of nitrogens with zero attached hydrogens (tertiary/aromatic N) is 1. The van der Waals surface area contributed by atoms with E-state index in [0.29, 0.717) is 0 Å². The fraction of sp³-hybridized carbons (Fsp3) is 0.900. The first kappa shape index (κ1) is 12.8. The number of nitrogens with one attached hydrogen (secondary N) is 1. The minimum absolute atomic E-state index is 0.118. The van der Waals surface area contributed by atoms with Crippen molar-refractivity contribution in [2.45, 2.75) is 18.9 Å². The minimum atomic E-state index is -0.310. The van der Waals surface area contributed by atoms with Gasteiger partial charge >= 0.3 is 0 Å². The molecule has 0 aliphatic carbocycles. The molecule has 1 amide bonds. The Morgan fingerprint density at radius 1 is 1.53 bits per heavy atom. The summed E-state index contributed by atoms with van der Waals surface area (Å²) in [6.45, 7) is 3.54. The summed E-state index contributed by atoms with van der Waals surface area (Å²) >= 11 is 1.74. The largest absolute Gasteiger partial charge is 0.340 e. The molecule has 0 aromatic rings. The first-order valence-electron chi connectivity index (χ1n) is 5.49.